The van der Waals surface area contributed by atoms with Crippen LogP contribution < -0.4 is 5.32 Å². The summed E-state index contributed by atoms with van der Waals surface area (Å²) in [5, 5.41) is 4.67. The normalized spacial score (nSPS) is 22.2. The Labute approximate surface area is 105 Å². The van der Waals surface area contributed by atoms with Crippen molar-refractivity contribution in [2.45, 2.75) is 30.5 Å². The second-order valence-corrected chi connectivity index (χ2v) is 7.71. The van der Waals surface area contributed by atoms with Gasteiger partial charge in [-0.25, -0.2) is 8.42 Å². The van der Waals surface area contributed by atoms with Gasteiger partial charge in [-0.15, -0.1) is 11.3 Å². The lowest BCUT2D eigenvalue weighted by atomic mass is 10.1. The summed E-state index contributed by atoms with van der Waals surface area (Å²) in [5.41, 5.74) is 0.746. The van der Waals surface area contributed by atoms with Gasteiger partial charge in [0.25, 0.3) is 0 Å². The number of sulfone groups is 1. The van der Waals surface area contributed by atoms with Crippen LogP contribution in [-0.2, 0) is 14.6 Å². The summed E-state index contributed by atoms with van der Waals surface area (Å²) in [6.07, 6.45) is 0.463. The van der Waals surface area contributed by atoms with E-state index >= 15 is 0 Å². The van der Waals surface area contributed by atoms with Crippen molar-refractivity contribution in [3.8, 4) is 0 Å². The van der Waals surface area contributed by atoms with E-state index in [-0.39, 0.29) is 23.6 Å². The molecule has 1 aliphatic rings. The first-order valence-corrected chi connectivity index (χ1v) is 8.05. The largest absolute Gasteiger partial charge is 0.349 e. The van der Waals surface area contributed by atoms with Gasteiger partial charge in [0.1, 0.15) is 4.21 Å². The molecule has 17 heavy (non-hydrogen) atoms. The first-order valence-electron chi connectivity index (χ1n) is 5.52. The van der Waals surface area contributed by atoms with Crippen LogP contribution in [-0.4, -0.2) is 20.1 Å². The first-order chi connectivity index (χ1) is 7.92. The van der Waals surface area contributed by atoms with Gasteiger partial charge in [0.15, 0.2) is 9.84 Å². The van der Waals surface area contributed by atoms with E-state index < -0.39 is 9.84 Å². The van der Waals surface area contributed by atoms with Crippen molar-refractivity contribution in [1.82, 2.24) is 5.32 Å². The van der Waals surface area contributed by atoms with E-state index in [0.717, 1.165) is 5.56 Å². The Bertz CT molecular complexity index is 531. The number of thiophene rings is 1. The molecule has 0 bridgehead atoms. The molecule has 1 unspecified atom stereocenters. The van der Waals surface area contributed by atoms with Crippen molar-refractivity contribution in [1.29, 1.82) is 0 Å². The van der Waals surface area contributed by atoms with Crippen LogP contribution in [0, 0.1) is 5.92 Å². The molecule has 1 aromatic rings. The van der Waals surface area contributed by atoms with Crippen molar-refractivity contribution in [3.05, 3.63) is 17.0 Å². The lowest BCUT2D eigenvalue weighted by molar-refractivity contribution is -0.124. The number of hydrogen-bond donors (Lipinski definition) is 1. The fraction of sp³-hybridized carbons (Fsp3) is 0.545. The Morgan fingerprint density at radius 3 is 2.88 bits per heavy atom. The van der Waals surface area contributed by atoms with Crippen LogP contribution in [0.25, 0.3) is 0 Å². The monoisotopic (exact) mass is 273 g/mol. The van der Waals surface area contributed by atoms with Gasteiger partial charge in [0, 0.05) is 11.5 Å². The van der Waals surface area contributed by atoms with E-state index in [1.807, 2.05) is 13.8 Å². The molecule has 0 aliphatic carbocycles. The van der Waals surface area contributed by atoms with E-state index in [2.05, 4.69) is 5.32 Å². The predicted molar refractivity (Wildman–Crippen MR) is 66.7 cm³/mol. The molecule has 0 aromatic carbocycles. The van der Waals surface area contributed by atoms with Crippen LogP contribution in [0.3, 0.4) is 0 Å². The van der Waals surface area contributed by atoms with Gasteiger partial charge >= 0.3 is 0 Å². The maximum Gasteiger partial charge on any atom is 0.223 e. The zero-order valence-electron chi connectivity index (χ0n) is 9.76. The number of carbonyl (C=O) groups excluding carboxylic acids is 1. The van der Waals surface area contributed by atoms with Gasteiger partial charge in [-0.2, -0.15) is 0 Å². The number of fused-ring (bicyclic) bond motifs is 1. The second kappa shape index (κ2) is 4.42. The van der Waals surface area contributed by atoms with Gasteiger partial charge in [-0.05, 0) is 17.9 Å². The number of hydrogen-bond acceptors (Lipinski definition) is 4. The first kappa shape index (κ1) is 12.6. The van der Waals surface area contributed by atoms with Crippen LogP contribution in [0.2, 0.25) is 0 Å². The summed E-state index contributed by atoms with van der Waals surface area (Å²) < 4.78 is 24.0. The molecule has 2 heterocycles. The molecule has 0 saturated heterocycles. The molecular weight excluding hydrogens is 258 g/mol. The molecule has 6 heteroatoms. The number of amides is 1. The highest BCUT2D eigenvalue weighted by Crippen LogP contribution is 2.35. The van der Waals surface area contributed by atoms with Gasteiger partial charge in [-0.1, -0.05) is 13.8 Å². The van der Waals surface area contributed by atoms with E-state index in [4.69, 9.17) is 0 Å². The molecule has 4 nitrogen and oxygen atoms in total. The van der Waals surface area contributed by atoms with Crippen LogP contribution in [0.15, 0.2) is 15.7 Å². The molecule has 2 rings (SSSR count). The van der Waals surface area contributed by atoms with Gasteiger partial charge < -0.3 is 5.32 Å². The lowest BCUT2D eigenvalue weighted by Crippen LogP contribution is -2.35. The van der Waals surface area contributed by atoms with Crippen LogP contribution in [0.4, 0.5) is 0 Å². The van der Waals surface area contributed by atoms with E-state index in [9.17, 15) is 13.2 Å². The molecule has 1 aliphatic heterocycles. The standard InChI is InChI=1S/C11H15NO3S2/c1-7(2)10(13)12-9-4-6-17(14,15)11-8(9)3-5-16-11/h3,5,7,9H,4,6H2,1-2H3,(H,12,13). The van der Waals surface area contributed by atoms with Crippen molar-refractivity contribution in [2.24, 2.45) is 5.92 Å². The minimum atomic E-state index is -3.12. The van der Waals surface area contributed by atoms with Crippen LogP contribution >= 0.6 is 11.3 Å². The highest BCUT2D eigenvalue weighted by molar-refractivity contribution is 7.93. The Hall–Kier alpha value is -0.880. The molecule has 0 fully saturated rings. The van der Waals surface area contributed by atoms with Gasteiger partial charge in [0.2, 0.25) is 5.91 Å². The topological polar surface area (TPSA) is 63.2 Å². The Morgan fingerprint density at radius 2 is 2.24 bits per heavy atom. The highest BCUT2D eigenvalue weighted by Gasteiger charge is 2.32. The molecule has 1 aromatic heterocycles. The fourth-order valence-corrected chi connectivity index (χ4v) is 4.81. The predicted octanol–water partition coefficient (Wildman–Crippen LogP) is 1.74. The molecule has 1 amide bonds. The summed E-state index contributed by atoms with van der Waals surface area (Å²) in [5.74, 6) is -0.00845. The van der Waals surface area contributed by atoms with Crippen LogP contribution in [0.5, 0.6) is 0 Å². The number of rotatable bonds is 2. The minimum Gasteiger partial charge on any atom is -0.349 e. The van der Waals surface area contributed by atoms with Crippen molar-refractivity contribution < 1.29 is 13.2 Å². The second-order valence-electron chi connectivity index (χ2n) is 4.49. The smallest absolute Gasteiger partial charge is 0.223 e. The molecule has 1 atom stereocenters. The van der Waals surface area contributed by atoms with Crippen molar-refractivity contribution >= 4 is 27.1 Å². The fourth-order valence-electron chi connectivity index (χ4n) is 1.83. The highest BCUT2D eigenvalue weighted by atomic mass is 32.2. The summed E-state index contributed by atoms with van der Waals surface area (Å²) in [6.45, 7) is 3.65. The molecule has 94 valence electrons. The maximum absolute atomic E-state index is 11.8. The van der Waals surface area contributed by atoms with E-state index in [0.29, 0.717) is 10.6 Å². The van der Waals surface area contributed by atoms with Gasteiger partial charge in [0.05, 0.1) is 11.8 Å². The minimum absolute atomic E-state index is 0.0357. The quantitative estimate of drug-likeness (QED) is 0.892. The molecule has 0 radical (unpaired) electrons. The maximum atomic E-state index is 11.8. The molecule has 1 N–H and O–H groups in total. The zero-order valence-corrected chi connectivity index (χ0v) is 11.4. The Balaban J connectivity index is 2.27. The van der Waals surface area contributed by atoms with Crippen molar-refractivity contribution in [3.63, 3.8) is 0 Å². The Morgan fingerprint density at radius 1 is 1.53 bits per heavy atom. The average molecular weight is 273 g/mol. The Kier molecular flexibility index (Phi) is 3.27. The van der Waals surface area contributed by atoms with E-state index in [1.54, 1.807) is 11.4 Å². The van der Waals surface area contributed by atoms with E-state index in [1.165, 1.54) is 11.3 Å². The molecule has 0 spiro atoms. The summed E-state index contributed by atoms with van der Waals surface area (Å²) in [7, 11) is -3.12. The summed E-state index contributed by atoms with van der Waals surface area (Å²) >= 11 is 1.23. The third kappa shape index (κ3) is 2.37. The number of carbonyl (C=O) groups is 1. The number of nitrogens with one attached hydrogen (secondary N) is 1. The third-order valence-electron chi connectivity index (χ3n) is 2.83. The van der Waals surface area contributed by atoms with Gasteiger partial charge in [-0.3, -0.25) is 4.79 Å². The lowest BCUT2D eigenvalue weighted by Gasteiger charge is -2.24. The SMILES string of the molecule is CC(C)C(=O)NC1CCS(=O)(=O)c2sccc21. The summed E-state index contributed by atoms with van der Waals surface area (Å²) in [6, 6.07) is 1.64. The summed E-state index contributed by atoms with van der Waals surface area (Å²) in [4.78, 5) is 11.6. The zero-order chi connectivity index (χ0) is 12.6. The molecule has 0 saturated carbocycles. The molecular formula is C11H15NO3S2. The van der Waals surface area contributed by atoms with Crippen molar-refractivity contribution in [2.75, 3.05) is 5.75 Å². The average Bonchev–Trinajstić information content (AvgIpc) is 2.72. The third-order valence-corrected chi connectivity index (χ3v) is 6.18. The van der Waals surface area contributed by atoms with Crippen LogP contribution in [0.1, 0.15) is 31.9 Å².